The van der Waals surface area contributed by atoms with E-state index < -0.39 is 5.91 Å². The highest BCUT2D eigenvalue weighted by Gasteiger charge is 2.39. The summed E-state index contributed by atoms with van der Waals surface area (Å²) < 4.78 is 5.23. The highest BCUT2D eigenvalue weighted by Crippen LogP contribution is 2.37. The third-order valence-corrected chi connectivity index (χ3v) is 3.28. The molecule has 6 heteroatoms. The van der Waals surface area contributed by atoms with Crippen LogP contribution in [0, 0.1) is 11.8 Å². The van der Waals surface area contributed by atoms with Gasteiger partial charge in [0.15, 0.2) is 6.61 Å². The molecule has 0 radical (unpaired) electrons. The number of hydrazine groups is 1. The first-order valence-corrected chi connectivity index (χ1v) is 6.41. The standard InChI is InChI=1S/C13H15ClN2O3/c1-8-6-9(8)13(18)16-15-12(17)7-19-11-5-3-2-4-10(11)14/h2-5,8-9H,6-7H2,1H3,(H,15,17)(H,16,18). The molecule has 5 nitrogen and oxygen atoms in total. The summed E-state index contributed by atoms with van der Waals surface area (Å²) in [6.07, 6.45) is 0.873. The minimum absolute atomic E-state index is 0.0183. The fraction of sp³-hybridized carbons (Fsp3) is 0.385. The maximum atomic E-state index is 11.5. The number of benzene rings is 1. The zero-order chi connectivity index (χ0) is 13.8. The van der Waals surface area contributed by atoms with Crippen molar-refractivity contribution in [3.63, 3.8) is 0 Å². The van der Waals surface area contributed by atoms with Gasteiger partial charge in [-0.05, 0) is 24.5 Å². The van der Waals surface area contributed by atoms with Crippen molar-refractivity contribution in [3.05, 3.63) is 29.3 Å². The predicted octanol–water partition coefficient (Wildman–Crippen LogP) is 1.52. The molecule has 1 fully saturated rings. The molecule has 2 atom stereocenters. The SMILES string of the molecule is CC1CC1C(=O)NNC(=O)COc1ccccc1Cl. The Balaban J connectivity index is 1.70. The Morgan fingerprint density at radius 2 is 2.05 bits per heavy atom. The molecule has 1 saturated carbocycles. The van der Waals surface area contributed by atoms with Crippen molar-refractivity contribution in [2.45, 2.75) is 13.3 Å². The fourth-order valence-electron chi connectivity index (χ4n) is 1.65. The summed E-state index contributed by atoms with van der Waals surface area (Å²) >= 11 is 5.87. The van der Waals surface area contributed by atoms with Crippen molar-refractivity contribution in [1.82, 2.24) is 10.9 Å². The average molecular weight is 283 g/mol. The molecule has 102 valence electrons. The van der Waals surface area contributed by atoms with Crippen molar-refractivity contribution in [2.75, 3.05) is 6.61 Å². The van der Waals surface area contributed by atoms with E-state index in [0.29, 0.717) is 16.7 Å². The van der Waals surface area contributed by atoms with Crippen LogP contribution in [-0.4, -0.2) is 18.4 Å². The summed E-state index contributed by atoms with van der Waals surface area (Å²) in [5.74, 6) is 0.266. The third-order valence-electron chi connectivity index (χ3n) is 2.97. The maximum absolute atomic E-state index is 11.5. The minimum atomic E-state index is -0.429. The zero-order valence-electron chi connectivity index (χ0n) is 10.5. The summed E-state index contributed by atoms with van der Waals surface area (Å²) in [5.41, 5.74) is 4.68. The van der Waals surface area contributed by atoms with Crippen LogP contribution < -0.4 is 15.6 Å². The summed E-state index contributed by atoms with van der Waals surface area (Å²) in [5, 5.41) is 0.436. The highest BCUT2D eigenvalue weighted by molar-refractivity contribution is 6.32. The summed E-state index contributed by atoms with van der Waals surface area (Å²) in [6.45, 7) is 1.79. The molecular weight excluding hydrogens is 268 g/mol. The van der Waals surface area contributed by atoms with E-state index in [1.165, 1.54) is 0 Å². The van der Waals surface area contributed by atoms with Crippen LogP contribution in [0.4, 0.5) is 0 Å². The van der Waals surface area contributed by atoms with Crippen LogP contribution in [0.1, 0.15) is 13.3 Å². The second-order valence-electron chi connectivity index (χ2n) is 4.58. The normalized spacial score (nSPS) is 20.5. The van der Waals surface area contributed by atoms with E-state index in [-0.39, 0.29) is 18.4 Å². The second-order valence-corrected chi connectivity index (χ2v) is 4.98. The van der Waals surface area contributed by atoms with Crippen molar-refractivity contribution >= 4 is 23.4 Å². The monoisotopic (exact) mass is 282 g/mol. The molecule has 0 spiro atoms. The predicted molar refractivity (Wildman–Crippen MR) is 70.5 cm³/mol. The molecule has 0 aliphatic heterocycles. The molecule has 0 aromatic heterocycles. The van der Waals surface area contributed by atoms with Gasteiger partial charge in [-0.2, -0.15) is 0 Å². The fourth-order valence-corrected chi connectivity index (χ4v) is 1.84. The number of amides is 2. The third kappa shape index (κ3) is 3.86. The number of halogens is 1. The minimum Gasteiger partial charge on any atom is -0.482 e. The van der Waals surface area contributed by atoms with Gasteiger partial charge in [-0.1, -0.05) is 30.7 Å². The van der Waals surface area contributed by atoms with E-state index in [1.807, 2.05) is 6.92 Å². The summed E-state index contributed by atoms with van der Waals surface area (Å²) in [6, 6.07) is 6.87. The number of para-hydroxylation sites is 1. The van der Waals surface area contributed by atoms with Gasteiger partial charge in [-0.25, -0.2) is 0 Å². The van der Waals surface area contributed by atoms with Gasteiger partial charge in [-0.15, -0.1) is 0 Å². The van der Waals surface area contributed by atoms with E-state index in [9.17, 15) is 9.59 Å². The Morgan fingerprint density at radius 3 is 2.68 bits per heavy atom. The van der Waals surface area contributed by atoms with E-state index in [0.717, 1.165) is 6.42 Å². The Bertz CT molecular complexity index is 493. The lowest BCUT2D eigenvalue weighted by Gasteiger charge is -2.09. The van der Waals surface area contributed by atoms with Gasteiger partial charge in [0.2, 0.25) is 5.91 Å². The van der Waals surface area contributed by atoms with Gasteiger partial charge in [0.25, 0.3) is 5.91 Å². The number of ether oxygens (including phenoxy) is 1. The first kappa shape index (κ1) is 13.7. The van der Waals surface area contributed by atoms with Gasteiger partial charge in [0, 0.05) is 5.92 Å². The number of carbonyl (C=O) groups excluding carboxylic acids is 2. The number of hydrogen-bond donors (Lipinski definition) is 2. The van der Waals surface area contributed by atoms with Crippen molar-refractivity contribution in [2.24, 2.45) is 11.8 Å². The molecule has 1 aromatic rings. The van der Waals surface area contributed by atoms with Crippen molar-refractivity contribution < 1.29 is 14.3 Å². The number of carbonyl (C=O) groups is 2. The Kier molecular flexibility index (Phi) is 4.27. The van der Waals surface area contributed by atoms with Crippen LogP contribution in [-0.2, 0) is 9.59 Å². The van der Waals surface area contributed by atoms with Gasteiger partial charge in [-0.3, -0.25) is 20.4 Å². The Hall–Kier alpha value is -1.75. The van der Waals surface area contributed by atoms with E-state index in [2.05, 4.69) is 10.9 Å². The molecule has 2 amide bonds. The molecule has 1 aliphatic carbocycles. The summed E-state index contributed by atoms with van der Waals surface area (Å²) in [4.78, 5) is 22.9. The molecule has 2 rings (SSSR count). The largest absolute Gasteiger partial charge is 0.482 e. The molecule has 0 heterocycles. The van der Waals surface area contributed by atoms with E-state index in [4.69, 9.17) is 16.3 Å². The maximum Gasteiger partial charge on any atom is 0.276 e. The molecule has 2 N–H and O–H groups in total. The van der Waals surface area contributed by atoms with Crippen LogP contribution in [0.5, 0.6) is 5.75 Å². The molecule has 1 aromatic carbocycles. The molecule has 2 unspecified atom stereocenters. The molecular formula is C13H15ClN2O3. The lowest BCUT2D eigenvalue weighted by molar-refractivity contribution is -0.130. The van der Waals surface area contributed by atoms with Crippen LogP contribution in [0.15, 0.2) is 24.3 Å². The number of nitrogens with one attached hydrogen (secondary N) is 2. The van der Waals surface area contributed by atoms with Crippen LogP contribution in [0.2, 0.25) is 5.02 Å². The van der Waals surface area contributed by atoms with Crippen LogP contribution in [0.3, 0.4) is 0 Å². The number of rotatable bonds is 4. The van der Waals surface area contributed by atoms with Gasteiger partial charge in [0.1, 0.15) is 5.75 Å². The van der Waals surface area contributed by atoms with E-state index in [1.54, 1.807) is 24.3 Å². The first-order chi connectivity index (χ1) is 9.08. The summed E-state index contributed by atoms with van der Waals surface area (Å²) in [7, 11) is 0. The smallest absolute Gasteiger partial charge is 0.276 e. The van der Waals surface area contributed by atoms with Crippen LogP contribution in [0.25, 0.3) is 0 Å². The lowest BCUT2D eigenvalue weighted by Crippen LogP contribution is -2.44. The molecule has 1 aliphatic rings. The average Bonchev–Trinajstić information content (AvgIpc) is 3.12. The quantitative estimate of drug-likeness (QED) is 0.823. The molecule has 19 heavy (non-hydrogen) atoms. The van der Waals surface area contributed by atoms with Gasteiger partial charge < -0.3 is 4.74 Å². The zero-order valence-corrected chi connectivity index (χ0v) is 11.2. The second kappa shape index (κ2) is 5.93. The number of hydrogen-bond acceptors (Lipinski definition) is 3. The van der Waals surface area contributed by atoms with Crippen molar-refractivity contribution in [1.29, 1.82) is 0 Å². The van der Waals surface area contributed by atoms with Crippen molar-refractivity contribution in [3.8, 4) is 5.75 Å². The van der Waals surface area contributed by atoms with Gasteiger partial charge >= 0.3 is 0 Å². The highest BCUT2D eigenvalue weighted by atomic mass is 35.5. The topological polar surface area (TPSA) is 67.4 Å². The molecule has 0 saturated heterocycles. The lowest BCUT2D eigenvalue weighted by atomic mass is 10.3. The molecule has 0 bridgehead atoms. The van der Waals surface area contributed by atoms with E-state index >= 15 is 0 Å². The Morgan fingerprint density at radius 1 is 1.37 bits per heavy atom. The van der Waals surface area contributed by atoms with Crippen LogP contribution >= 0.6 is 11.6 Å². The Labute approximate surface area is 116 Å². The van der Waals surface area contributed by atoms with Gasteiger partial charge in [0.05, 0.1) is 5.02 Å². The first-order valence-electron chi connectivity index (χ1n) is 6.04.